The summed E-state index contributed by atoms with van der Waals surface area (Å²) in [4.78, 5) is 3.04. The molecule has 4 heavy (non-hydrogen) atoms. The maximum Gasteiger partial charge on any atom is 0.133 e. The molecule has 0 aliphatic carbocycles. The predicted octanol–water partition coefficient (Wildman–Crippen LogP) is -0.363. The topological polar surface area (TPSA) is 32.6 Å². The SMILES string of the molecule is C=NCO. The van der Waals surface area contributed by atoms with E-state index in [4.69, 9.17) is 5.11 Å². The number of aliphatic hydroxyl groups is 1. The van der Waals surface area contributed by atoms with Gasteiger partial charge in [-0.2, -0.15) is 0 Å². The molecule has 1 N–H and O–H groups in total. The highest BCUT2D eigenvalue weighted by molar-refractivity contribution is 5.22. The predicted molar refractivity (Wildman–Crippen MR) is 16.6 cm³/mol. The maximum atomic E-state index is 7.65. The number of hydrogen-bond acceptors (Lipinski definition) is 2. The number of aliphatic hydroxyl groups excluding tert-OH is 1. The molecule has 0 aliphatic rings. The van der Waals surface area contributed by atoms with Crippen LogP contribution in [0.15, 0.2) is 4.99 Å². The zero-order valence-corrected chi connectivity index (χ0v) is 2.31. The molecule has 0 radical (unpaired) electrons. The summed E-state index contributed by atoms with van der Waals surface area (Å²) in [6.45, 7) is 2.81. The lowest BCUT2D eigenvalue weighted by atomic mass is 11.3. The Morgan fingerprint density at radius 1 is 2.00 bits per heavy atom. The molecule has 0 aromatic carbocycles. The minimum absolute atomic E-state index is 0.167. The van der Waals surface area contributed by atoms with Crippen molar-refractivity contribution in [3.05, 3.63) is 0 Å². The molecule has 0 aromatic rings. The number of aliphatic imine (C=N–C) groups is 1. The van der Waals surface area contributed by atoms with Crippen molar-refractivity contribution in [2.24, 2.45) is 4.99 Å². The van der Waals surface area contributed by atoms with E-state index >= 15 is 0 Å². The summed E-state index contributed by atoms with van der Waals surface area (Å²) in [5.41, 5.74) is 0. The Kier molecular flexibility index (Phi) is 2.39. The lowest BCUT2D eigenvalue weighted by Gasteiger charge is -1.62. The largest absolute Gasteiger partial charge is 0.375 e. The highest BCUT2D eigenvalue weighted by atomic mass is 16.3. The van der Waals surface area contributed by atoms with Gasteiger partial charge in [-0.15, -0.1) is 0 Å². The molecule has 0 aliphatic heterocycles. The zero-order chi connectivity index (χ0) is 3.41. The molecule has 0 heterocycles. The van der Waals surface area contributed by atoms with Gasteiger partial charge < -0.3 is 5.11 Å². The molecular weight excluding hydrogens is 54.0 g/mol. The second-order valence-electron chi connectivity index (χ2n) is 0.365. The van der Waals surface area contributed by atoms with Crippen molar-refractivity contribution in [2.75, 3.05) is 6.73 Å². The average Bonchev–Trinajstić information content (AvgIpc) is 1.37. The highest BCUT2D eigenvalue weighted by Crippen LogP contribution is 1.43. The van der Waals surface area contributed by atoms with Crippen molar-refractivity contribution in [1.82, 2.24) is 0 Å². The van der Waals surface area contributed by atoms with Crippen LogP contribution in [-0.2, 0) is 0 Å². The van der Waals surface area contributed by atoms with E-state index in [-0.39, 0.29) is 6.73 Å². The van der Waals surface area contributed by atoms with Gasteiger partial charge in [0.2, 0.25) is 0 Å². The minimum atomic E-state index is -0.167. The molecule has 0 unspecified atom stereocenters. The summed E-state index contributed by atoms with van der Waals surface area (Å²) in [5.74, 6) is 0. The first-order valence-corrected chi connectivity index (χ1v) is 0.949. The Bertz CT molecular complexity index is 20.0. The Balaban J connectivity index is 2.30. The first-order valence-electron chi connectivity index (χ1n) is 0.949. The van der Waals surface area contributed by atoms with E-state index < -0.39 is 0 Å². The summed E-state index contributed by atoms with van der Waals surface area (Å²) in [6, 6.07) is 0. The average molecular weight is 59.1 g/mol. The number of nitrogens with zero attached hydrogens (tertiary/aromatic N) is 1. The van der Waals surface area contributed by atoms with Crippen LogP contribution in [-0.4, -0.2) is 18.6 Å². The van der Waals surface area contributed by atoms with Gasteiger partial charge in [-0.05, 0) is 6.72 Å². The molecule has 0 saturated heterocycles. The molecule has 0 amide bonds. The third-order valence-electron chi connectivity index (χ3n) is 0.1000. The molecule has 2 nitrogen and oxygen atoms in total. The van der Waals surface area contributed by atoms with E-state index in [9.17, 15) is 0 Å². The van der Waals surface area contributed by atoms with E-state index in [0.717, 1.165) is 0 Å². The van der Waals surface area contributed by atoms with Crippen LogP contribution in [0.2, 0.25) is 0 Å². The normalized spacial score (nSPS) is 6.25. The lowest BCUT2D eigenvalue weighted by Crippen LogP contribution is -1.64. The van der Waals surface area contributed by atoms with Gasteiger partial charge in [0.1, 0.15) is 6.73 Å². The van der Waals surface area contributed by atoms with Crippen molar-refractivity contribution >= 4 is 6.72 Å². The van der Waals surface area contributed by atoms with E-state index in [0.29, 0.717) is 0 Å². The molecule has 0 spiro atoms. The minimum Gasteiger partial charge on any atom is -0.375 e. The summed E-state index contributed by atoms with van der Waals surface area (Å²) in [7, 11) is 0. The summed E-state index contributed by atoms with van der Waals surface area (Å²) < 4.78 is 0. The molecule has 0 fully saturated rings. The van der Waals surface area contributed by atoms with Crippen LogP contribution in [0.1, 0.15) is 0 Å². The Labute approximate surface area is 24.8 Å². The molecule has 2 heteroatoms. The summed E-state index contributed by atoms with van der Waals surface area (Å²) in [5, 5.41) is 7.65. The lowest BCUT2D eigenvalue weighted by molar-refractivity contribution is 0.310. The quantitative estimate of drug-likeness (QED) is 0.411. The van der Waals surface area contributed by atoms with Crippen molar-refractivity contribution in [2.45, 2.75) is 0 Å². The van der Waals surface area contributed by atoms with Crippen LogP contribution in [0.4, 0.5) is 0 Å². The molecule has 0 aromatic heterocycles. The van der Waals surface area contributed by atoms with Crippen LogP contribution in [0, 0.1) is 0 Å². The van der Waals surface area contributed by atoms with Crippen molar-refractivity contribution in [1.29, 1.82) is 0 Å². The number of hydrogen-bond donors (Lipinski definition) is 1. The van der Waals surface area contributed by atoms with E-state index in [2.05, 4.69) is 11.7 Å². The summed E-state index contributed by atoms with van der Waals surface area (Å²) >= 11 is 0. The monoisotopic (exact) mass is 59.0 g/mol. The first-order chi connectivity index (χ1) is 1.91. The second kappa shape index (κ2) is 2.63. The second-order valence-corrected chi connectivity index (χ2v) is 0.365. The first kappa shape index (κ1) is 3.63. The van der Waals surface area contributed by atoms with Gasteiger partial charge in [0.15, 0.2) is 0 Å². The zero-order valence-electron chi connectivity index (χ0n) is 2.31. The van der Waals surface area contributed by atoms with Crippen molar-refractivity contribution in [3.8, 4) is 0 Å². The van der Waals surface area contributed by atoms with Gasteiger partial charge in [0.05, 0.1) is 0 Å². The van der Waals surface area contributed by atoms with E-state index in [1.54, 1.807) is 0 Å². The third-order valence-corrected chi connectivity index (χ3v) is 0.1000. The van der Waals surface area contributed by atoms with Gasteiger partial charge in [-0.1, -0.05) is 0 Å². The molecule has 0 rings (SSSR count). The van der Waals surface area contributed by atoms with Crippen LogP contribution in [0.25, 0.3) is 0 Å². The highest BCUT2D eigenvalue weighted by Gasteiger charge is 1.43. The fourth-order valence-electron chi connectivity index (χ4n) is 0. The Morgan fingerprint density at radius 3 is 2.25 bits per heavy atom. The van der Waals surface area contributed by atoms with Crippen molar-refractivity contribution in [3.63, 3.8) is 0 Å². The van der Waals surface area contributed by atoms with Crippen LogP contribution >= 0.6 is 0 Å². The Hall–Kier alpha value is -0.370. The summed E-state index contributed by atoms with van der Waals surface area (Å²) in [6.07, 6.45) is 0. The van der Waals surface area contributed by atoms with Crippen LogP contribution < -0.4 is 0 Å². The maximum absolute atomic E-state index is 7.65. The standard InChI is InChI=1S/C2H5NO/c1-3-2-4/h4H,1-2H2. The van der Waals surface area contributed by atoms with Gasteiger partial charge in [0, 0.05) is 0 Å². The Morgan fingerprint density at radius 2 is 2.25 bits per heavy atom. The van der Waals surface area contributed by atoms with Crippen molar-refractivity contribution < 1.29 is 5.11 Å². The molecular formula is C2H5NO. The van der Waals surface area contributed by atoms with Crippen LogP contribution in [0.5, 0.6) is 0 Å². The van der Waals surface area contributed by atoms with Gasteiger partial charge in [-0.25, -0.2) is 0 Å². The molecule has 0 bridgehead atoms. The molecule has 0 atom stereocenters. The van der Waals surface area contributed by atoms with E-state index in [1.807, 2.05) is 0 Å². The molecule has 0 saturated carbocycles. The van der Waals surface area contributed by atoms with Gasteiger partial charge >= 0.3 is 0 Å². The number of rotatable bonds is 1. The van der Waals surface area contributed by atoms with E-state index in [1.165, 1.54) is 0 Å². The smallest absolute Gasteiger partial charge is 0.133 e. The fraction of sp³-hybridized carbons (Fsp3) is 0.500. The molecule has 24 valence electrons. The fourth-order valence-corrected chi connectivity index (χ4v) is 0. The van der Waals surface area contributed by atoms with Gasteiger partial charge in [0.25, 0.3) is 0 Å². The van der Waals surface area contributed by atoms with Gasteiger partial charge in [-0.3, -0.25) is 4.99 Å². The van der Waals surface area contributed by atoms with Crippen LogP contribution in [0.3, 0.4) is 0 Å². The third kappa shape index (κ3) is 1.63.